The van der Waals surface area contributed by atoms with E-state index in [1.54, 1.807) is 6.07 Å². The third-order valence-corrected chi connectivity index (χ3v) is 5.96. The van der Waals surface area contributed by atoms with Crippen molar-refractivity contribution in [3.8, 4) is 6.07 Å². The van der Waals surface area contributed by atoms with Crippen LogP contribution in [0.1, 0.15) is 18.4 Å². The molecule has 0 radical (unpaired) electrons. The molecule has 0 spiro atoms. The zero-order valence-electron chi connectivity index (χ0n) is 15.5. The van der Waals surface area contributed by atoms with Gasteiger partial charge in [0.1, 0.15) is 11.8 Å². The lowest BCUT2D eigenvalue weighted by molar-refractivity contribution is 0.198. The van der Waals surface area contributed by atoms with Crippen LogP contribution in [-0.2, 0) is 16.6 Å². The van der Waals surface area contributed by atoms with Crippen molar-refractivity contribution in [2.45, 2.75) is 24.3 Å². The third kappa shape index (κ3) is 4.19. The Morgan fingerprint density at radius 1 is 1.28 bits per heavy atom. The van der Waals surface area contributed by atoms with E-state index in [-0.39, 0.29) is 10.8 Å². The number of primary sulfonamides is 1. The number of aromatic amines is 1. The van der Waals surface area contributed by atoms with Crippen LogP contribution in [0.15, 0.2) is 35.7 Å². The molecule has 1 saturated heterocycles. The number of rotatable bonds is 5. The van der Waals surface area contributed by atoms with Gasteiger partial charge in [0.2, 0.25) is 10.0 Å². The number of likely N-dealkylation sites (tertiary alicyclic amines) is 1. The van der Waals surface area contributed by atoms with Crippen LogP contribution < -0.4 is 10.5 Å². The average Bonchev–Trinajstić information content (AvgIpc) is 3.19. The fourth-order valence-electron chi connectivity index (χ4n) is 3.44. The molecule has 3 heterocycles. The van der Waals surface area contributed by atoms with Crippen molar-refractivity contribution >= 4 is 32.7 Å². The molecule has 29 heavy (non-hydrogen) atoms. The molecule has 10 nitrogen and oxygen atoms in total. The van der Waals surface area contributed by atoms with Crippen LogP contribution in [-0.4, -0.2) is 46.3 Å². The number of benzene rings is 1. The summed E-state index contributed by atoms with van der Waals surface area (Å²) in [5.74, 6) is 0.590. The van der Waals surface area contributed by atoms with Crippen LogP contribution >= 0.6 is 0 Å². The molecule has 3 aromatic rings. The number of anilines is 2. The first-order chi connectivity index (χ1) is 13.9. The van der Waals surface area contributed by atoms with Crippen molar-refractivity contribution in [3.63, 3.8) is 0 Å². The number of nitrogens with one attached hydrogen (secondary N) is 2. The third-order valence-electron chi connectivity index (χ3n) is 5.05. The molecule has 0 atom stereocenters. The van der Waals surface area contributed by atoms with Crippen molar-refractivity contribution in [2.75, 3.05) is 18.4 Å². The quantitative estimate of drug-likeness (QED) is 0.569. The Hall–Kier alpha value is -3.07. The van der Waals surface area contributed by atoms with Gasteiger partial charge in [-0.2, -0.15) is 5.26 Å². The van der Waals surface area contributed by atoms with Gasteiger partial charge >= 0.3 is 0 Å². The Morgan fingerprint density at radius 3 is 2.79 bits per heavy atom. The summed E-state index contributed by atoms with van der Waals surface area (Å²) in [4.78, 5) is 17.7. The number of aromatic nitrogens is 4. The van der Waals surface area contributed by atoms with E-state index in [9.17, 15) is 8.42 Å². The Labute approximate surface area is 167 Å². The number of H-pyrrole nitrogens is 1. The number of nitrogens with two attached hydrogens (primary N) is 1. The van der Waals surface area contributed by atoms with E-state index in [2.05, 4.69) is 36.2 Å². The number of hydrogen-bond donors (Lipinski definition) is 3. The van der Waals surface area contributed by atoms with E-state index in [1.165, 1.54) is 24.8 Å². The summed E-state index contributed by atoms with van der Waals surface area (Å²) in [6.07, 6.45) is 4.57. The van der Waals surface area contributed by atoms with E-state index in [1.807, 2.05) is 0 Å². The van der Waals surface area contributed by atoms with Crippen LogP contribution in [0.25, 0.3) is 11.2 Å². The zero-order chi connectivity index (χ0) is 20.4. The molecule has 1 fully saturated rings. The molecule has 1 aromatic carbocycles. The second-order valence-corrected chi connectivity index (χ2v) is 8.55. The highest BCUT2D eigenvalue weighted by atomic mass is 32.2. The van der Waals surface area contributed by atoms with E-state index < -0.39 is 10.0 Å². The standard InChI is InChI=1S/C18H20N8O2S/c19-8-12-3-5-26(6-4-12)9-13-1-2-14(29(20,27)28)7-15(13)25-18-16-17(22-10-21-16)23-11-24-18/h1-2,7,10-12H,3-6,9H2,(H2,20,27,28)(H2,21,22,23,24,25). The summed E-state index contributed by atoms with van der Waals surface area (Å²) >= 11 is 0. The molecule has 1 aliphatic heterocycles. The summed E-state index contributed by atoms with van der Waals surface area (Å²) in [6.45, 7) is 2.24. The maximum Gasteiger partial charge on any atom is 0.238 e. The van der Waals surface area contributed by atoms with E-state index >= 15 is 0 Å². The van der Waals surface area contributed by atoms with Crippen molar-refractivity contribution in [1.82, 2.24) is 24.8 Å². The highest BCUT2D eigenvalue weighted by molar-refractivity contribution is 7.89. The maximum atomic E-state index is 11.8. The van der Waals surface area contributed by atoms with Crippen molar-refractivity contribution in [2.24, 2.45) is 11.1 Å². The van der Waals surface area contributed by atoms with Crippen LogP contribution in [0.4, 0.5) is 11.5 Å². The summed E-state index contributed by atoms with van der Waals surface area (Å²) in [5, 5.41) is 17.6. The molecule has 4 N–H and O–H groups in total. The second-order valence-electron chi connectivity index (χ2n) is 6.99. The summed E-state index contributed by atoms with van der Waals surface area (Å²) in [5.41, 5.74) is 2.62. The summed E-state index contributed by atoms with van der Waals surface area (Å²) in [7, 11) is -3.85. The van der Waals surface area contributed by atoms with Crippen LogP contribution in [0.5, 0.6) is 0 Å². The van der Waals surface area contributed by atoms with Crippen molar-refractivity contribution in [3.05, 3.63) is 36.4 Å². The molecular formula is C18H20N8O2S. The van der Waals surface area contributed by atoms with Gasteiger partial charge in [0.25, 0.3) is 0 Å². The van der Waals surface area contributed by atoms with Gasteiger partial charge in [0.05, 0.1) is 17.3 Å². The van der Waals surface area contributed by atoms with Crippen LogP contribution in [0, 0.1) is 17.2 Å². The normalized spacial score (nSPS) is 16.0. The lowest BCUT2D eigenvalue weighted by atomic mass is 9.98. The van der Waals surface area contributed by atoms with Gasteiger partial charge in [-0.25, -0.2) is 28.5 Å². The number of piperidine rings is 1. The van der Waals surface area contributed by atoms with E-state index in [0.717, 1.165) is 31.5 Å². The van der Waals surface area contributed by atoms with Gasteiger partial charge in [0.15, 0.2) is 11.5 Å². The molecule has 0 bridgehead atoms. The summed E-state index contributed by atoms with van der Waals surface area (Å²) < 4.78 is 23.7. The topological polar surface area (TPSA) is 154 Å². The van der Waals surface area contributed by atoms with Gasteiger partial charge < -0.3 is 10.3 Å². The molecular weight excluding hydrogens is 392 g/mol. The predicted molar refractivity (Wildman–Crippen MR) is 106 cm³/mol. The van der Waals surface area contributed by atoms with Crippen LogP contribution in [0.2, 0.25) is 0 Å². The van der Waals surface area contributed by atoms with Gasteiger partial charge in [-0.15, -0.1) is 0 Å². The molecule has 0 aliphatic carbocycles. The Kier molecular flexibility index (Phi) is 5.14. The minimum Gasteiger partial charge on any atom is -0.340 e. The number of sulfonamides is 1. The number of nitrogens with zero attached hydrogens (tertiary/aromatic N) is 5. The smallest absolute Gasteiger partial charge is 0.238 e. The Bertz CT molecular complexity index is 1180. The first kappa shape index (κ1) is 19.3. The first-order valence-electron chi connectivity index (χ1n) is 9.13. The molecule has 150 valence electrons. The maximum absolute atomic E-state index is 11.8. The zero-order valence-corrected chi connectivity index (χ0v) is 16.4. The minimum absolute atomic E-state index is 0.0156. The largest absolute Gasteiger partial charge is 0.340 e. The van der Waals surface area contributed by atoms with Gasteiger partial charge in [0, 0.05) is 18.2 Å². The number of hydrogen-bond acceptors (Lipinski definition) is 8. The van der Waals surface area contributed by atoms with Crippen molar-refractivity contribution in [1.29, 1.82) is 5.26 Å². The minimum atomic E-state index is -3.85. The highest BCUT2D eigenvalue weighted by Gasteiger charge is 2.21. The van der Waals surface area contributed by atoms with E-state index in [0.29, 0.717) is 29.2 Å². The highest BCUT2D eigenvalue weighted by Crippen LogP contribution is 2.28. The molecule has 4 rings (SSSR count). The van der Waals surface area contributed by atoms with Gasteiger partial charge in [-0.05, 0) is 43.6 Å². The Morgan fingerprint density at radius 2 is 2.07 bits per heavy atom. The first-order valence-corrected chi connectivity index (χ1v) is 10.7. The fourth-order valence-corrected chi connectivity index (χ4v) is 3.98. The van der Waals surface area contributed by atoms with E-state index in [4.69, 9.17) is 10.4 Å². The summed E-state index contributed by atoms with van der Waals surface area (Å²) in [6, 6.07) is 7.10. The number of fused-ring (bicyclic) bond motifs is 1. The molecule has 11 heteroatoms. The predicted octanol–water partition coefficient (Wildman–Crippen LogP) is 1.48. The number of imidazole rings is 1. The monoisotopic (exact) mass is 412 g/mol. The molecule has 0 unspecified atom stereocenters. The fraction of sp³-hybridized carbons (Fsp3) is 0.333. The second kappa shape index (κ2) is 7.75. The molecule has 0 amide bonds. The Balaban J connectivity index is 1.66. The molecule has 2 aromatic heterocycles. The number of nitriles is 1. The van der Waals surface area contributed by atoms with Gasteiger partial charge in [-0.3, -0.25) is 4.90 Å². The lowest BCUT2D eigenvalue weighted by Crippen LogP contribution is -2.33. The molecule has 1 aliphatic rings. The van der Waals surface area contributed by atoms with Crippen LogP contribution in [0.3, 0.4) is 0 Å². The molecule has 0 saturated carbocycles. The lowest BCUT2D eigenvalue weighted by Gasteiger charge is -2.29. The average molecular weight is 412 g/mol. The van der Waals surface area contributed by atoms with Crippen molar-refractivity contribution < 1.29 is 8.42 Å². The SMILES string of the molecule is N#CC1CCN(Cc2ccc(S(N)(=O)=O)cc2Nc2ncnc3nc[nH]c23)CC1. The van der Waals surface area contributed by atoms with Gasteiger partial charge in [-0.1, -0.05) is 6.07 Å².